The molecule has 8 nitrogen and oxygen atoms in total. The molecular formula is C23H35N5O3. The van der Waals surface area contributed by atoms with Crippen LogP contribution in [0.25, 0.3) is 0 Å². The minimum Gasteiger partial charge on any atom is -0.493 e. The van der Waals surface area contributed by atoms with Crippen molar-refractivity contribution in [2.45, 2.75) is 31.4 Å². The minimum atomic E-state index is -0.516. The van der Waals surface area contributed by atoms with Crippen LogP contribution in [0.2, 0.25) is 0 Å². The first kappa shape index (κ1) is 22.1. The molecule has 2 aliphatic heterocycles. The third kappa shape index (κ3) is 6.20. The van der Waals surface area contributed by atoms with Crippen molar-refractivity contribution in [3.05, 3.63) is 42.0 Å². The summed E-state index contributed by atoms with van der Waals surface area (Å²) in [7, 11) is 1.66. The number of rotatable bonds is 9. The first-order chi connectivity index (χ1) is 15.2. The molecule has 170 valence electrons. The van der Waals surface area contributed by atoms with Gasteiger partial charge < -0.3 is 24.9 Å². The number of aromatic nitrogens is 2. The van der Waals surface area contributed by atoms with E-state index in [1.807, 2.05) is 18.5 Å². The summed E-state index contributed by atoms with van der Waals surface area (Å²) in [4.78, 5) is 12.4. The summed E-state index contributed by atoms with van der Waals surface area (Å²) < 4.78 is 11.5. The number of hydrogen-bond acceptors (Lipinski definition) is 7. The zero-order chi connectivity index (χ0) is 21.5. The van der Waals surface area contributed by atoms with E-state index >= 15 is 0 Å². The van der Waals surface area contributed by atoms with Crippen molar-refractivity contribution in [2.75, 3.05) is 59.5 Å². The lowest BCUT2D eigenvalue weighted by molar-refractivity contribution is 0.0632. The van der Waals surface area contributed by atoms with E-state index in [0.29, 0.717) is 18.2 Å². The van der Waals surface area contributed by atoms with Gasteiger partial charge in [-0.2, -0.15) is 0 Å². The van der Waals surface area contributed by atoms with Crippen molar-refractivity contribution in [3.63, 3.8) is 0 Å². The maximum atomic E-state index is 10.3. The van der Waals surface area contributed by atoms with Crippen LogP contribution in [-0.4, -0.2) is 90.5 Å². The summed E-state index contributed by atoms with van der Waals surface area (Å²) >= 11 is 0. The van der Waals surface area contributed by atoms with E-state index in [1.54, 1.807) is 7.11 Å². The van der Waals surface area contributed by atoms with Crippen LogP contribution in [0, 0.1) is 0 Å². The van der Waals surface area contributed by atoms with Crippen LogP contribution in [0.5, 0.6) is 11.5 Å². The summed E-state index contributed by atoms with van der Waals surface area (Å²) in [5.41, 5.74) is 1.21. The van der Waals surface area contributed by atoms with E-state index in [-0.39, 0.29) is 6.61 Å². The Balaban J connectivity index is 1.25. The maximum absolute atomic E-state index is 10.3. The molecule has 1 aromatic carbocycles. The van der Waals surface area contributed by atoms with Crippen LogP contribution in [-0.2, 0) is 6.54 Å². The van der Waals surface area contributed by atoms with Gasteiger partial charge in [0.2, 0.25) is 0 Å². The van der Waals surface area contributed by atoms with Crippen molar-refractivity contribution in [1.29, 1.82) is 0 Å². The number of likely N-dealkylation sites (tertiary alicyclic amines) is 1. The molecule has 31 heavy (non-hydrogen) atoms. The average Bonchev–Trinajstić information content (AvgIpc) is 3.34. The van der Waals surface area contributed by atoms with Crippen LogP contribution in [0.1, 0.15) is 30.1 Å². The minimum absolute atomic E-state index is 0.264. The number of ether oxygens (including phenoxy) is 2. The number of nitrogens with one attached hydrogen (secondary N) is 2. The quantitative estimate of drug-likeness (QED) is 0.556. The van der Waals surface area contributed by atoms with Gasteiger partial charge >= 0.3 is 0 Å². The fraction of sp³-hybridized carbons (Fsp3) is 0.609. The second kappa shape index (κ2) is 10.9. The highest BCUT2D eigenvalue weighted by atomic mass is 16.5. The van der Waals surface area contributed by atoms with Crippen LogP contribution in [0.15, 0.2) is 30.6 Å². The standard InChI is InChI=1S/C23H35N5O3/c1-30-22-14-18(15-27-10-4-19(5-11-27)23-25-6-7-26-23)2-3-21(22)31-17-20(29)16-28-12-8-24-9-13-28/h2-3,6-7,14,19-20,24,29H,4-5,8-13,15-17H2,1H3,(H,25,26). The number of aliphatic hydroxyl groups excluding tert-OH is 1. The molecule has 8 heteroatoms. The number of aromatic amines is 1. The number of aliphatic hydroxyl groups is 1. The molecule has 1 atom stereocenters. The number of β-amino-alcohol motifs (C(OH)–C–C–N with tert-alkyl or cyclic N) is 1. The van der Waals surface area contributed by atoms with E-state index in [1.165, 1.54) is 5.56 Å². The van der Waals surface area contributed by atoms with E-state index in [2.05, 4.69) is 37.2 Å². The van der Waals surface area contributed by atoms with Gasteiger partial charge in [-0.3, -0.25) is 9.80 Å². The van der Waals surface area contributed by atoms with Gasteiger partial charge in [-0.25, -0.2) is 4.98 Å². The molecule has 2 fully saturated rings. The lowest BCUT2D eigenvalue weighted by Crippen LogP contribution is -2.47. The van der Waals surface area contributed by atoms with Gasteiger partial charge in [0.15, 0.2) is 11.5 Å². The Labute approximate surface area is 184 Å². The average molecular weight is 430 g/mol. The summed E-state index contributed by atoms with van der Waals surface area (Å²) in [6, 6.07) is 6.11. The molecular weight excluding hydrogens is 394 g/mol. The first-order valence-electron chi connectivity index (χ1n) is 11.3. The lowest BCUT2D eigenvalue weighted by atomic mass is 9.96. The molecule has 2 aliphatic rings. The Kier molecular flexibility index (Phi) is 7.80. The molecule has 0 aliphatic carbocycles. The normalized spacial score (nSPS) is 19.9. The van der Waals surface area contributed by atoms with Crippen molar-refractivity contribution < 1.29 is 14.6 Å². The van der Waals surface area contributed by atoms with Gasteiger partial charge in [0.1, 0.15) is 18.5 Å². The van der Waals surface area contributed by atoms with Gasteiger partial charge in [-0.15, -0.1) is 0 Å². The number of piperidine rings is 1. The predicted octanol–water partition coefficient (Wildman–Crippen LogP) is 1.44. The Bertz CT molecular complexity index is 787. The summed E-state index contributed by atoms with van der Waals surface area (Å²) in [6.07, 6.45) is 5.47. The summed E-state index contributed by atoms with van der Waals surface area (Å²) in [6.45, 7) is 7.80. The molecule has 3 heterocycles. The molecule has 4 rings (SSSR count). The van der Waals surface area contributed by atoms with Gasteiger partial charge in [-0.05, 0) is 43.6 Å². The zero-order valence-electron chi connectivity index (χ0n) is 18.4. The van der Waals surface area contributed by atoms with Crippen molar-refractivity contribution in [3.8, 4) is 11.5 Å². The number of benzene rings is 1. The van der Waals surface area contributed by atoms with Crippen LogP contribution >= 0.6 is 0 Å². The van der Waals surface area contributed by atoms with Crippen LogP contribution in [0.3, 0.4) is 0 Å². The maximum Gasteiger partial charge on any atom is 0.161 e. The van der Waals surface area contributed by atoms with Crippen LogP contribution in [0.4, 0.5) is 0 Å². The number of imidazole rings is 1. The highest BCUT2D eigenvalue weighted by molar-refractivity contribution is 5.43. The van der Waals surface area contributed by atoms with Gasteiger partial charge in [0, 0.05) is 57.6 Å². The topological polar surface area (TPSA) is 85.9 Å². The Hall–Kier alpha value is -2.13. The first-order valence-corrected chi connectivity index (χ1v) is 11.3. The molecule has 0 amide bonds. The Morgan fingerprint density at radius 1 is 1.13 bits per heavy atom. The Morgan fingerprint density at radius 3 is 2.65 bits per heavy atom. The second-order valence-electron chi connectivity index (χ2n) is 8.53. The second-order valence-corrected chi connectivity index (χ2v) is 8.53. The van der Waals surface area contributed by atoms with E-state index in [9.17, 15) is 5.11 Å². The molecule has 0 spiro atoms. The molecule has 2 aromatic rings. The van der Waals surface area contributed by atoms with Crippen molar-refractivity contribution in [1.82, 2.24) is 25.1 Å². The fourth-order valence-electron chi connectivity index (χ4n) is 4.48. The third-order valence-corrected chi connectivity index (χ3v) is 6.24. The number of hydrogen-bond donors (Lipinski definition) is 3. The number of H-pyrrole nitrogens is 1. The highest BCUT2D eigenvalue weighted by Crippen LogP contribution is 2.30. The highest BCUT2D eigenvalue weighted by Gasteiger charge is 2.22. The largest absolute Gasteiger partial charge is 0.493 e. The molecule has 1 aromatic heterocycles. The molecule has 3 N–H and O–H groups in total. The van der Waals surface area contributed by atoms with Gasteiger partial charge in [-0.1, -0.05) is 6.07 Å². The zero-order valence-corrected chi connectivity index (χ0v) is 18.4. The monoisotopic (exact) mass is 429 g/mol. The number of nitrogens with zero attached hydrogens (tertiary/aromatic N) is 3. The number of piperazine rings is 1. The van der Waals surface area contributed by atoms with Crippen molar-refractivity contribution in [2.24, 2.45) is 0 Å². The fourth-order valence-corrected chi connectivity index (χ4v) is 4.48. The predicted molar refractivity (Wildman–Crippen MR) is 120 cm³/mol. The molecule has 0 bridgehead atoms. The van der Waals surface area contributed by atoms with E-state index in [4.69, 9.17) is 9.47 Å². The smallest absolute Gasteiger partial charge is 0.161 e. The Morgan fingerprint density at radius 2 is 1.94 bits per heavy atom. The van der Waals surface area contributed by atoms with Gasteiger partial charge in [0.25, 0.3) is 0 Å². The number of methoxy groups -OCH3 is 1. The SMILES string of the molecule is COc1cc(CN2CCC(c3ncc[nH]3)CC2)ccc1OCC(O)CN1CCNCC1. The molecule has 0 saturated carbocycles. The van der Waals surface area contributed by atoms with Gasteiger partial charge in [0.05, 0.1) is 7.11 Å². The molecule has 1 unspecified atom stereocenters. The molecule has 0 radical (unpaired) electrons. The third-order valence-electron chi connectivity index (χ3n) is 6.24. The summed E-state index contributed by atoms with van der Waals surface area (Å²) in [5, 5.41) is 13.7. The van der Waals surface area contributed by atoms with Crippen LogP contribution < -0.4 is 14.8 Å². The van der Waals surface area contributed by atoms with E-state index in [0.717, 1.165) is 70.2 Å². The van der Waals surface area contributed by atoms with Crippen molar-refractivity contribution >= 4 is 0 Å². The van der Waals surface area contributed by atoms with E-state index < -0.39 is 6.10 Å². The molecule has 2 saturated heterocycles. The summed E-state index contributed by atoms with van der Waals surface area (Å²) in [5.74, 6) is 3.05. The lowest BCUT2D eigenvalue weighted by Gasteiger charge is -2.31.